The highest BCUT2D eigenvalue weighted by Gasteiger charge is 1.96. The van der Waals surface area contributed by atoms with Gasteiger partial charge in [0.1, 0.15) is 0 Å². The van der Waals surface area contributed by atoms with Crippen molar-refractivity contribution in [1.82, 2.24) is 0 Å². The molecule has 18 heavy (non-hydrogen) atoms. The quantitative estimate of drug-likeness (QED) is 0.329. The topological polar surface area (TPSA) is 78.2 Å². The third-order valence-electron chi connectivity index (χ3n) is 2.74. The summed E-state index contributed by atoms with van der Waals surface area (Å²) < 4.78 is 0. The zero-order chi connectivity index (χ0) is 14.1. The van der Waals surface area contributed by atoms with E-state index in [2.05, 4.69) is 6.92 Å². The Balaban J connectivity index is 0. The van der Waals surface area contributed by atoms with E-state index in [4.69, 9.17) is 15.3 Å². The molecule has 0 aliphatic rings. The number of carbonyl (C=O) groups is 1. The molecule has 0 bridgehead atoms. The maximum Gasteiger partial charge on any atom is 0.303 e. The van der Waals surface area contributed by atoms with Crippen molar-refractivity contribution in [3.8, 4) is 0 Å². The number of hydrogen-bond acceptors (Lipinski definition) is 3. The minimum Gasteiger partial charge on any atom is -0.481 e. The minimum absolute atomic E-state index is 0.344. The van der Waals surface area contributed by atoms with E-state index in [1.807, 2.05) is 0 Å². The van der Waals surface area contributed by atoms with Crippen molar-refractivity contribution in [2.45, 2.75) is 77.6 Å². The highest BCUT2D eigenvalue weighted by atomic mass is 16.4. The molecule has 0 aromatic rings. The molecule has 0 aromatic carbocycles. The summed E-state index contributed by atoms with van der Waals surface area (Å²) in [5.74, 6) is -0.658. The van der Waals surface area contributed by atoms with E-state index in [-0.39, 0.29) is 0 Å². The van der Waals surface area contributed by atoms with Crippen LogP contribution in [0.1, 0.15) is 77.6 Å². The van der Waals surface area contributed by atoms with Crippen molar-refractivity contribution < 1.29 is 14.7 Å². The molecule has 0 aliphatic heterocycles. The molecule has 0 heterocycles. The molecule has 0 fully saturated rings. The Bertz CT molecular complexity index is 211. The van der Waals surface area contributed by atoms with E-state index in [1.54, 1.807) is 0 Å². The predicted octanol–water partition coefficient (Wildman–Crippen LogP) is 4.28. The lowest BCUT2D eigenvalue weighted by molar-refractivity contribution is -0.137. The highest BCUT2D eigenvalue weighted by Crippen LogP contribution is 2.10. The summed E-state index contributed by atoms with van der Waals surface area (Å²) in [7, 11) is 0. The molecule has 106 valence electrons. The second-order valence-electron chi connectivity index (χ2n) is 4.43. The van der Waals surface area contributed by atoms with Gasteiger partial charge in [-0.05, 0) is 6.42 Å². The van der Waals surface area contributed by atoms with Gasteiger partial charge in [0.05, 0.1) is 0 Å². The van der Waals surface area contributed by atoms with Crippen LogP contribution in [0.15, 0.2) is 0 Å². The van der Waals surface area contributed by atoms with Crippen molar-refractivity contribution in [2.24, 2.45) is 0 Å². The standard InChI is InChI=1S/C13H26O2.CHNO/c1-2-3-4-5-6-7-8-9-10-11-12-13(14)15;2-1-3/h2-12H2,1H3,(H,14,15);2H. The molecule has 0 aliphatic carbocycles. The third kappa shape index (κ3) is 24.2. The van der Waals surface area contributed by atoms with Crippen LogP contribution in [0.2, 0.25) is 0 Å². The maximum absolute atomic E-state index is 10.2. The van der Waals surface area contributed by atoms with Crippen molar-refractivity contribution in [3.05, 3.63) is 0 Å². The van der Waals surface area contributed by atoms with Crippen LogP contribution in [0.4, 0.5) is 0 Å². The second kappa shape index (κ2) is 18.2. The van der Waals surface area contributed by atoms with Gasteiger partial charge >= 0.3 is 5.97 Å². The molecule has 4 nitrogen and oxygen atoms in total. The average Bonchev–Trinajstić information content (AvgIpc) is 2.32. The van der Waals surface area contributed by atoms with Gasteiger partial charge < -0.3 is 5.11 Å². The van der Waals surface area contributed by atoms with E-state index in [0.717, 1.165) is 18.9 Å². The Morgan fingerprint density at radius 2 is 1.28 bits per heavy atom. The Hall–Kier alpha value is -1.15. The van der Waals surface area contributed by atoms with Crippen molar-refractivity contribution in [1.29, 1.82) is 5.41 Å². The molecule has 2 N–H and O–H groups in total. The number of isocyanates is 1. The number of rotatable bonds is 11. The largest absolute Gasteiger partial charge is 0.481 e. The molecular formula is C14H27NO3. The molecule has 0 spiro atoms. The van der Waals surface area contributed by atoms with Gasteiger partial charge in [0.15, 0.2) is 0 Å². The number of unbranched alkanes of at least 4 members (excludes halogenated alkanes) is 9. The van der Waals surface area contributed by atoms with Gasteiger partial charge in [0.25, 0.3) is 0 Å². The Kier molecular flexibility index (Phi) is 19.4. The number of carboxylic acid groups (broad SMARTS) is 1. The number of hydrogen-bond donors (Lipinski definition) is 2. The fourth-order valence-corrected chi connectivity index (χ4v) is 1.76. The number of carboxylic acids is 1. The molecule has 0 aromatic heterocycles. The van der Waals surface area contributed by atoms with Gasteiger partial charge in [0, 0.05) is 6.42 Å². The molecule has 0 amide bonds. The summed E-state index contributed by atoms with van der Waals surface area (Å²) in [6.07, 6.45) is 13.7. The van der Waals surface area contributed by atoms with Crippen LogP contribution >= 0.6 is 0 Å². The van der Waals surface area contributed by atoms with Crippen LogP contribution in [0, 0.1) is 5.41 Å². The fourth-order valence-electron chi connectivity index (χ4n) is 1.76. The Morgan fingerprint density at radius 1 is 0.944 bits per heavy atom. The molecular weight excluding hydrogens is 230 g/mol. The molecule has 0 rings (SSSR count). The first-order valence-corrected chi connectivity index (χ1v) is 6.94. The van der Waals surface area contributed by atoms with E-state index >= 15 is 0 Å². The normalized spacial score (nSPS) is 9.17. The van der Waals surface area contributed by atoms with Crippen LogP contribution in [0.5, 0.6) is 0 Å². The van der Waals surface area contributed by atoms with Crippen LogP contribution < -0.4 is 0 Å². The zero-order valence-corrected chi connectivity index (χ0v) is 11.5. The molecule has 0 unspecified atom stereocenters. The van der Waals surface area contributed by atoms with E-state index in [9.17, 15) is 4.79 Å². The number of carbonyl (C=O) groups excluding carboxylic acids is 1. The van der Waals surface area contributed by atoms with Gasteiger partial charge in [-0.25, -0.2) is 10.2 Å². The van der Waals surface area contributed by atoms with Crippen molar-refractivity contribution >= 4 is 12.0 Å². The Morgan fingerprint density at radius 3 is 1.61 bits per heavy atom. The molecule has 4 heteroatoms. The number of nitrogens with one attached hydrogen (secondary N) is 1. The van der Waals surface area contributed by atoms with Crippen LogP contribution in [0.25, 0.3) is 0 Å². The summed E-state index contributed by atoms with van der Waals surface area (Å²) in [6, 6.07) is 0. The van der Waals surface area contributed by atoms with E-state index in [1.165, 1.54) is 51.4 Å². The van der Waals surface area contributed by atoms with Gasteiger partial charge in [-0.3, -0.25) is 4.79 Å². The third-order valence-corrected chi connectivity index (χ3v) is 2.74. The zero-order valence-electron chi connectivity index (χ0n) is 11.5. The average molecular weight is 257 g/mol. The first kappa shape index (κ1) is 19.2. The predicted molar refractivity (Wildman–Crippen MR) is 72.5 cm³/mol. The van der Waals surface area contributed by atoms with E-state index in [0.29, 0.717) is 6.42 Å². The lowest BCUT2D eigenvalue weighted by Gasteiger charge is -2.01. The molecule has 0 saturated heterocycles. The monoisotopic (exact) mass is 257 g/mol. The molecule has 0 radical (unpaired) electrons. The lowest BCUT2D eigenvalue weighted by Crippen LogP contribution is -1.93. The lowest BCUT2D eigenvalue weighted by atomic mass is 10.1. The fraction of sp³-hybridized carbons (Fsp3) is 0.857. The Labute approximate surface area is 110 Å². The summed E-state index contributed by atoms with van der Waals surface area (Å²) in [4.78, 5) is 18.6. The van der Waals surface area contributed by atoms with Crippen molar-refractivity contribution in [2.75, 3.05) is 0 Å². The first-order chi connectivity index (χ1) is 8.68. The molecule has 0 atom stereocenters. The van der Waals surface area contributed by atoms with Gasteiger partial charge in [0.2, 0.25) is 6.08 Å². The summed E-state index contributed by atoms with van der Waals surface area (Å²) in [5, 5.41) is 13.8. The summed E-state index contributed by atoms with van der Waals surface area (Å²) in [6.45, 7) is 2.24. The van der Waals surface area contributed by atoms with Crippen LogP contribution in [0.3, 0.4) is 0 Å². The number of aliphatic carboxylic acids is 1. The van der Waals surface area contributed by atoms with Gasteiger partial charge in [-0.15, -0.1) is 0 Å². The van der Waals surface area contributed by atoms with E-state index < -0.39 is 5.97 Å². The summed E-state index contributed by atoms with van der Waals surface area (Å²) >= 11 is 0. The minimum atomic E-state index is -0.658. The van der Waals surface area contributed by atoms with Gasteiger partial charge in [-0.1, -0.05) is 64.7 Å². The van der Waals surface area contributed by atoms with Crippen LogP contribution in [-0.4, -0.2) is 17.2 Å². The second-order valence-corrected chi connectivity index (χ2v) is 4.43. The SMILES string of the molecule is CCCCCCCCCCCCC(=O)O.N=C=O. The van der Waals surface area contributed by atoms with Gasteiger partial charge in [-0.2, -0.15) is 0 Å². The molecule has 0 saturated carbocycles. The van der Waals surface area contributed by atoms with Crippen molar-refractivity contribution in [3.63, 3.8) is 0 Å². The summed E-state index contributed by atoms with van der Waals surface area (Å²) in [5.41, 5.74) is 0. The highest BCUT2D eigenvalue weighted by molar-refractivity contribution is 5.66. The smallest absolute Gasteiger partial charge is 0.303 e. The first-order valence-electron chi connectivity index (χ1n) is 6.94. The van der Waals surface area contributed by atoms with Crippen LogP contribution in [-0.2, 0) is 9.59 Å². The maximum atomic E-state index is 10.2.